The van der Waals surface area contributed by atoms with Gasteiger partial charge >= 0.3 is 0 Å². The summed E-state index contributed by atoms with van der Waals surface area (Å²) >= 11 is 3.71. The molecule has 6 heteroatoms. The standard InChI is InChI=1S/C15H27N3OS2/c1-5-12(10-20-4)18(2)15-17-13(9-19-3)14(21-15)8-16-11-6-7-11/h11-12,16H,5-10H2,1-4H3. The second-order valence-corrected chi connectivity index (χ2v) is 7.56. The fourth-order valence-electron chi connectivity index (χ4n) is 2.28. The van der Waals surface area contributed by atoms with Crippen molar-refractivity contribution < 1.29 is 4.74 Å². The van der Waals surface area contributed by atoms with Gasteiger partial charge in [0.05, 0.1) is 12.3 Å². The second-order valence-electron chi connectivity index (χ2n) is 5.58. The molecule has 4 nitrogen and oxygen atoms in total. The van der Waals surface area contributed by atoms with Crippen molar-refractivity contribution in [2.75, 3.05) is 31.1 Å². The molecule has 1 atom stereocenters. The minimum absolute atomic E-state index is 0.547. The zero-order chi connectivity index (χ0) is 15.2. The molecule has 0 aromatic carbocycles. The highest BCUT2D eigenvalue weighted by atomic mass is 32.2. The lowest BCUT2D eigenvalue weighted by Gasteiger charge is -2.26. The van der Waals surface area contributed by atoms with Crippen LogP contribution in [0.25, 0.3) is 0 Å². The lowest BCUT2D eigenvalue weighted by molar-refractivity contribution is 0.181. The van der Waals surface area contributed by atoms with E-state index in [-0.39, 0.29) is 0 Å². The highest BCUT2D eigenvalue weighted by molar-refractivity contribution is 7.98. The molecule has 0 spiro atoms. The summed E-state index contributed by atoms with van der Waals surface area (Å²) in [6.45, 7) is 3.77. The van der Waals surface area contributed by atoms with Gasteiger partial charge in [-0.05, 0) is 25.5 Å². The number of ether oxygens (including phenoxy) is 1. The van der Waals surface area contributed by atoms with E-state index in [2.05, 4.69) is 30.4 Å². The van der Waals surface area contributed by atoms with Gasteiger partial charge in [-0.1, -0.05) is 6.92 Å². The summed E-state index contributed by atoms with van der Waals surface area (Å²) in [5.41, 5.74) is 1.09. The third-order valence-electron chi connectivity index (χ3n) is 3.86. The molecule has 1 aromatic heterocycles. The van der Waals surface area contributed by atoms with Crippen LogP contribution in [0.1, 0.15) is 36.8 Å². The fraction of sp³-hybridized carbons (Fsp3) is 0.800. The van der Waals surface area contributed by atoms with E-state index in [1.807, 2.05) is 23.1 Å². The molecule has 21 heavy (non-hydrogen) atoms. The molecule has 2 rings (SSSR count). The molecule has 1 unspecified atom stereocenters. The van der Waals surface area contributed by atoms with Gasteiger partial charge in [0, 0.05) is 43.4 Å². The SMILES string of the molecule is CCC(CSC)N(C)c1nc(COC)c(CNC2CC2)s1. The van der Waals surface area contributed by atoms with E-state index < -0.39 is 0 Å². The van der Waals surface area contributed by atoms with Crippen molar-refractivity contribution in [2.45, 2.75) is 51.4 Å². The number of nitrogens with one attached hydrogen (secondary N) is 1. The van der Waals surface area contributed by atoms with E-state index >= 15 is 0 Å². The topological polar surface area (TPSA) is 37.4 Å². The number of anilines is 1. The highest BCUT2D eigenvalue weighted by Gasteiger charge is 2.23. The van der Waals surface area contributed by atoms with Crippen LogP contribution in [0.15, 0.2) is 0 Å². The van der Waals surface area contributed by atoms with Crippen molar-refractivity contribution in [1.29, 1.82) is 0 Å². The highest BCUT2D eigenvalue weighted by Crippen LogP contribution is 2.29. The molecule has 1 fully saturated rings. The average molecular weight is 330 g/mol. The maximum Gasteiger partial charge on any atom is 0.185 e. The molecule has 1 heterocycles. The molecule has 1 aliphatic carbocycles. The first-order chi connectivity index (χ1) is 10.2. The molecule has 1 aliphatic rings. The molecular weight excluding hydrogens is 302 g/mol. The predicted octanol–water partition coefficient (Wildman–Crippen LogP) is 3.12. The minimum Gasteiger partial charge on any atom is -0.378 e. The third kappa shape index (κ3) is 4.84. The Labute approximate surface area is 136 Å². The zero-order valence-corrected chi connectivity index (χ0v) is 15.1. The van der Waals surface area contributed by atoms with Gasteiger partial charge in [-0.25, -0.2) is 4.98 Å². The van der Waals surface area contributed by atoms with Gasteiger partial charge in [0.2, 0.25) is 0 Å². The first-order valence-electron chi connectivity index (χ1n) is 7.62. The molecule has 1 saturated carbocycles. The Kier molecular flexibility index (Phi) is 6.79. The van der Waals surface area contributed by atoms with Crippen molar-refractivity contribution in [1.82, 2.24) is 10.3 Å². The Morgan fingerprint density at radius 2 is 2.29 bits per heavy atom. The predicted molar refractivity (Wildman–Crippen MR) is 93.6 cm³/mol. The fourth-order valence-corrected chi connectivity index (χ4v) is 4.18. The Bertz CT molecular complexity index is 435. The van der Waals surface area contributed by atoms with Crippen LogP contribution in [0.5, 0.6) is 0 Å². The van der Waals surface area contributed by atoms with Gasteiger partial charge in [0.25, 0.3) is 0 Å². The number of hydrogen-bond acceptors (Lipinski definition) is 6. The van der Waals surface area contributed by atoms with E-state index in [9.17, 15) is 0 Å². The van der Waals surface area contributed by atoms with Gasteiger partial charge in [-0.15, -0.1) is 11.3 Å². The minimum atomic E-state index is 0.547. The lowest BCUT2D eigenvalue weighted by Crippen LogP contribution is -2.33. The van der Waals surface area contributed by atoms with Crippen molar-refractivity contribution in [3.63, 3.8) is 0 Å². The Morgan fingerprint density at radius 3 is 2.86 bits per heavy atom. The molecule has 1 aromatic rings. The number of methoxy groups -OCH3 is 1. The van der Waals surface area contributed by atoms with E-state index in [1.54, 1.807) is 7.11 Å². The first kappa shape index (κ1) is 17.1. The Hall–Kier alpha value is -0.300. The molecule has 120 valence electrons. The van der Waals surface area contributed by atoms with Crippen LogP contribution in [0.3, 0.4) is 0 Å². The van der Waals surface area contributed by atoms with Crippen LogP contribution in [0.2, 0.25) is 0 Å². The van der Waals surface area contributed by atoms with Crippen LogP contribution in [0.4, 0.5) is 5.13 Å². The van der Waals surface area contributed by atoms with Gasteiger partial charge in [0.15, 0.2) is 5.13 Å². The number of thiazole rings is 1. The van der Waals surface area contributed by atoms with Crippen LogP contribution in [-0.4, -0.2) is 43.2 Å². The largest absolute Gasteiger partial charge is 0.378 e. The number of aromatic nitrogens is 1. The van der Waals surface area contributed by atoms with Crippen LogP contribution < -0.4 is 10.2 Å². The smallest absolute Gasteiger partial charge is 0.185 e. The van der Waals surface area contributed by atoms with Crippen molar-refractivity contribution >= 4 is 28.2 Å². The molecule has 0 bridgehead atoms. The van der Waals surface area contributed by atoms with E-state index in [0.29, 0.717) is 12.6 Å². The molecular formula is C15H27N3OS2. The van der Waals surface area contributed by atoms with Crippen molar-refractivity contribution in [3.8, 4) is 0 Å². The van der Waals surface area contributed by atoms with Gasteiger partial charge in [0.1, 0.15) is 0 Å². The normalized spacial score (nSPS) is 16.2. The summed E-state index contributed by atoms with van der Waals surface area (Å²) in [5.74, 6) is 1.14. The number of rotatable bonds is 10. The molecule has 0 amide bonds. The average Bonchev–Trinajstić information content (AvgIpc) is 3.23. The lowest BCUT2D eigenvalue weighted by atomic mass is 10.2. The van der Waals surface area contributed by atoms with Crippen LogP contribution in [0, 0.1) is 0 Å². The Morgan fingerprint density at radius 1 is 1.52 bits per heavy atom. The molecule has 0 saturated heterocycles. The van der Waals surface area contributed by atoms with Gasteiger partial charge < -0.3 is 15.0 Å². The molecule has 0 aliphatic heterocycles. The molecule has 0 radical (unpaired) electrons. The number of thioether (sulfide) groups is 1. The number of hydrogen-bond donors (Lipinski definition) is 1. The maximum atomic E-state index is 5.31. The summed E-state index contributed by atoms with van der Waals surface area (Å²) in [5, 5.41) is 4.71. The van der Waals surface area contributed by atoms with Gasteiger partial charge in [-0.2, -0.15) is 11.8 Å². The Balaban J connectivity index is 2.08. The zero-order valence-electron chi connectivity index (χ0n) is 13.5. The van der Waals surface area contributed by atoms with Crippen LogP contribution in [-0.2, 0) is 17.9 Å². The van der Waals surface area contributed by atoms with E-state index in [4.69, 9.17) is 9.72 Å². The molecule has 1 N–H and O–H groups in total. The summed E-state index contributed by atoms with van der Waals surface area (Å²) in [6, 6.07) is 1.27. The second kappa shape index (κ2) is 8.36. The monoisotopic (exact) mass is 329 g/mol. The first-order valence-corrected chi connectivity index (χ1v) is 9.83. The summed E-state index contributed by atoms with van der Waals surface area (Å²) in [6.07, 6.45) is 5.94. The third-order valence-corrected chi connectivity index (χ3v) is 5.76. The quantitative estimate of drug-likeness (QED) is 0.714. The van der Waals surface area contributed by atoms with Gasteiger partial charge in [-0.3, -0.25) is 0 Å². The van der Waals surface area contributed by atoms with Crippen LogP contribution >= 0.6 is 23.1 Å². The summed E-state index contributed by atoms with van der Waals surface area (Å²) in [7, 11) is 3.90. The maximum absolute atomic E-state index is 5.31. The summed E-state index contributed by atoms with van der Waals surface area (Å²) < 4.78 is 5.31. The van der Waals surface area contributed by atoms with Crippen molar-refractivity contribution in [2.24, 2.45) is 0 Å². The van der Waals surface area contributed by atoms with E-state index in [1.165, 1.54) is 17.7 Å². The summed E-state index contributed by atoms with van der Waals surface area (Å²) in [4.78, 5) is 8.48. The number of nitrogens with zero attached hydrogens (tertiary/aromatic N) is 2. The van der Waals surface area contributed by atoms with Crippen molar-refractivity contribution in [3.05, 3.63) is 10.6 Å². The van der Waals surface area contributed by atoms with E-state index in [0.717, 1.165) is 35.6 Å².